The Morgan fingerprint density at radius 2 is 1.89 bits per heavy atom. The van der Waals surface area contributed by atoms with E-state index < -0.39 is 0 Å². The van der Waals surface area contributed by atoms with Gasteiger partial charge in [-0.05, 0) is 50.2 Å². The zero-order valence-corrected chi connectivity index (χ0v) is 16.4. The van der Waals surface area contributed by atoms with Gasteiger partial charge in [-0.25, -0.2) is 0 Å². The Kier molecular flexibility index (Phi) is 7.16. The minimum Gasteiger partial charge on any atom is -0.491 e. The topological polar surface area (TPSA) is 88.6 Å². The summed E-state index contributed by atoms with van der Waals surface area (Å²) in [6.07, 6.45) is 0.108. The number of carbonyl (C=O) groups is 1. The number of aromatic nitrogens is 2. The Balaban J connectivity index is 1.46. The van der Waals surface area contributed by atoms with Gasteiger partial charge in [0.25, 0.3) is 5.91 Å². The highest BCUT2D eigenvalue weighted by atomic mass is 16.5. The van der Waals surface area contributed by atoms with Crippen LogP contribution in [0.3, 0.4) is 0 Å². The lowest BCUT2D eigenvalue weighted by molar-refractivity contribution is 0.0398. The fourth-order valence-electron chi connectivity index (χ4n) is 2.80. The van der Waals surface area contributed by atoms with Gasteiger partial charge in [-0.1, -0.05) is 0 Å². The SMILES string of the molecule is CC(C)Oc1ccc(NC(=O)c2ccc(NCCN3CCOCC3)nn2)cc1. The molecule has 0 saturated carbocycles. The molecule has 1 aromatic carbocycles. The predicted molar refractivity (Wildman–Crippen MR) is 108 cm³/mol. The van der Waals surface area contributed by atoms with Gasteiger partial charge in [0.1, 0.15) is 11.6 Å². The highest BCUT2D eigenvalue weighted by molar-refractivity contribution is 6.02. The van der Waals surface area contributed by atoms with Gasteiger partial charge in [-0.2, -0.15) is 0 Å². The predicted octanol–water partition coefficient (Wildman–Crippen LogP) is 2.26. The first-order valence-electron chi connectivity index (χ1n) is 9.56. The van der Waals surface area contributed by atoms with Crippen LogP contribution in [0.1, 0.15) is 24.3 Å². The summed E-state index contributed by atoms with van der Waals surface area (Å²) >= 11 is 0. The van der Waals surface area contributed by atoms with E-state index in [4.69, 9.17) is 9.47 Å². The molecule has 1 fully saturated rings. The maximum absolute atomic E-state index is 12.3. The standard InChI is InChI=1S/C20H27N5O3/c1-15(2)28-17-5-3-16(4-6-17)22-20(26)18-7-8-19(24-23-18)21-9-10-25-11-13-27-14-12-25/h3-8,15H,9-14H2,1-2H3,(H,21,24)(H,22,26). The molecule has 1 saturated heterocycles. The highest BCUT2D eigenvalue weighted by Crippen LogP contribution is 2.17. The van der Waals surface area contributed by atoms with Gasteiger partial charge in [0.2, 0.25) is 0 Å². The lowest BCUT2D eigenvalue weighted by Crippen LogP contribution is -2.39. The number of amides is 1. The summed E-state index contributed by atoms with van der Waals surface area (Å²) in [6.45, 7) is 9.11. The van der Waals surface area contributed by atoms with Crippen LogP contribution >= 0.6 is 0 Å². The molecule has 1 aromatic heterocycles. The summed E-state index contributed by atoms with van der Waals surface area (Å²) in [4.78, 5) is 14.7. The second-order valence-electron chi connectivity index (χ2n) is 6.83. The van der Waals surface area contributed by atoms with Crippen molar-refractivity contribution in [1.29, 1.82) is 0 Å². The van der Waals surface area contributed by atoms with E-state index in [1.165, 1.54) is 0 Å². The van der Waals surface area contributed by atoms with Crippen molar-refractivity contribution in [1.82, 2.24) is 15.1 Å². The van der Waals surface area contributed by atoms with Crippen LogP contribution in [0.15, 0.2) is 36.4 Å². The molecular formula is C20H27N5O3. The fourth-order valence-corrected chi connectivity index (χ4v) is 2.80. The van der Waals surface area contributed by atoms with E-state index >= 15 is 0 Å². The number of anilines is 2. The fraction of sp³-hybridized carbons (Fsp3) is 0.450. The second kappa shape index (κ2) is 10.0. The van der Waals surface area contributed by atoms with Crippen LogP contribution in [0, 0.1) is 0 Å². The number of nitrogens with zero attached hydrogens (tertiary/aromatic N) is 3. The normalized spacial score (nSPS) is 14.7. The Labute approximate surface area is 165 Å². The molecule has 2 N–H and O–H groups in total. The third kappa shape index (κ3) is 6.17. The number of hydrogen-bond donors (Lipinski definition) is 2. The van der Waals surface area contributed by atoms with E-state index in [0.717, 1.165) is 45.1 Å². The van der Waals surface area contributed by atoms with E-state index in [0.29, 0.717) is 11.5 Å². The molecule has 1 aliphatic heterocycles. The zero-order chi connectivity index (χ0) is 19.8. The number of rotatable bonds is 8. The molecule has 8 nitrogen and oxygen atoms in total. The van der Waals surface area contributed by atoms with E-state index in [1.807, 2.05) is 26.0 Å². The van der Waals surface area contributed by atoms with Crippen molar-refractivity contribution in [2.45, 2.75) is 20.0 Å². The van der Waals surface area contributed by atoms with E-state index in [-0.39, 0.29) is 17.7 Å². The van der Waals surface area contributed by atoms with Crippen molar-refractivity contribution in [3.63, 3.8) is 0 Å². The van der Waals surface area contributed by atoms with Crippen molar-refractivity contribution >= 4 is 17.4 Å². The van der Waals surface area contributed by atoms with Crippen LogP contribution in [-0.4, -0.2) is 66.5 Å². The Hall–Kier alpha value is -2.71. The molecule has 0 aliphatic carbocycles. The van der Waals surface area contributed by atoms with Gasteiger partial charge in [0.15, 0.2) is 5.69 Å². The summed E-state index contributed by atoms with van der Waals surface area (Å²) in [5.41, 5.74) is 0.942. The van der Waals surface area contributed by atoms with E-state index in [1.54, 1.807) is 24.3 Å². The van der Waals surface area contributed by atoms with Crippen LogP contribution in [-0.2, 0) is 4.74 Å². The number of carbonyl (C=O) groups excluding carboxylic acids is 1. The number of benzene rings is 1. The van der Waals surface area contributed by atoms with Gasteiger partial charge in [0, 0.05) is 31.9 Å². The van der Waals surface area contributed by atoms with E-state index in [2.05, 4.69) is 25.7 Å². The molecule has 3 rings (SSSR count). The van der Waals surface area contributed by atoms with Crippen LogP contribution < -0.4 is 15.4 Å². The van der Waals surface area contributed by atoms with Gasteiger partial charge in [-0.3, -0.25) is 9.69 Å². The quantitative estimate of drug-likeness (QED) is 0.720. The van der Waals surface area contributed by atoms with Crippen LogP contribution in [0.5, 0.6) is 5.75 Å². The average Bonchev–Trinajstić information content (AvgIpc) is 2.70. The zero-order valence-electron chi connectivity index (χ0n) is 16.4. The summed E-state index contributed by atoms with van der Waals surface area (Å²) in [5, 5.41) is 14.1. The van der Waals surface area contributed by atoms with Gasteiger partial charge in [0.05, 0.1) is 19.3 Å². The molecule has 1 amide bonds. The van der Waals surface area contributed by atoms with Crippen LogP contribution in [0.25, 0.3) is 0 Å². The maximum atomic E-state index is 12.3. The molecule has 28 heavy (non-hydrogen) atoms. The smallest absolute Gasteiger partial charge is 0.276 e. The number of nitrogens with one attached hydrogen (secondary N) is 2. The third-order valence-corrected chi connectivity index (χ3v) is 4.22. The third-order valence-electron chi connectivity index (χ3n) is 4.22. The molecule has 1 aliphatic rings. The minimum absolute atomic E-state index is 0.108. The first-order chi connectivity index (χ1) is 13.6. The van der Waals surface area contributed by atoms with Gasteiger partial charge in [-0.15, -0.1) is 10.2 Å². The molecule has 2 heterocycles. The van der Waals surface area contributed by atoms with Crippen molar-refractivity contribution in [3.05, 3.63) is 42.1 Å². The molecule has 0 spiro atoms. The lowest BCUT2D eigenvalue weighted by Gasteiger charge is -2.26. The lowest BCUT2D eigenvalue weighted by atomic mass is 10.3. The summed E-state index contributed by atoms with van der Waals surface area (Å²) < 4.78 is 10.9. The number of ether oxygens (including phenoxy) is 2. The largest absolute Gasteiger partial charge is 0.491 e. The molecule has 0 radical (unpaired) electrons. The molecule has 150 valence electrons. The second-order valence-corrected chi connectivity index (χ2v) is 6.83. The van der Waals surface area contributed by atoms with Crippen molar-refractivity contribution in [2.75, 3.05) is 50.0 Å². The molecule has 2 aromatic rings. The molecule has 0 bridgehead atoms. The molecule has 8 heteroatoms. The van der Waals surface area contributed by atoms with Crippen molar-refractivity contribution < 1.29 is 14.3 Å². The van der Waals surface area contributed by atoms with E-state index in [9.17, 15) is 4.79 Å². The molecular weight excluding hydrogens is 358 g/mol. The van der Waals surface area contributed by atoms with Crippen molar-refractivity contribution in [2.24, 2.45) is 0 Å². The maximum Gasteiger partial charge on any atom is 0.276 e. The first-order valence-corrected chi connectivity index (χ1v) is 9.56. The summed E-state index contributed by atoms with van der Waals surface area (Å²) in [6, 6.07) is 10.7. The summed E-state index contributed by atoms with van der Waals surface area (Å²) in [7, 11) is 0. The van der Waals surface area contributed by atoms with Crippen molar-refractivity contribution in [3.8, 4) is 5.75 Å². The van der Waals surface area contributed by atoms with Crippen LogP contribution in [0.2, 0.25) is 0 Å². The minimum atomic E-state index is -0.301. The van der Waals surface area contributed by atoms with Gasteiger partial charge >= 0.3 is 0 Å². The highest BCUT2D eigenvalue weighted by Gasteiger charge is 2.11. The monoisotopic (exact) mass is 385 g/mol. The summed E-state index contributed by atoms with van der Waals surface area (Å²) in [5.74, 6) is 1.12. The first kappa shape index (κ1) is 20.0. The Morgan fingerprint density at radius 3 is 2.54 bits per heavy atom. The number of hydrogen-bond acceptors (Lipinski definition) is 7. The van der Waals surface area contributed by atoms with Gasteiger partial charge < -0.3 is 20.1 Å². The molecule has 0 unspecified atom stereocenters. The Morgan fingerprint density at radius 1 is 1.14 bits per heavy atom. The number of morpholine rings is 1. The Bertz CT molecular complexity index is 743. The average molecular weight is 385 g/mol. The molecule has 0 atom stereocenters. The van der Waals surface area contributed by atoms with Crippen LogP contribution in [0.4, 0.5) is 11.5 Å².